The summed E-state index contributed by atoms with van der Waals surface area (Å²) in [7, 11) is 0. The zero-order chi connectivity index (χ0) is 9.10. The van der Waals surface area contributed by atoms with Crippen LogP contribution in [0.25, 0.3) is 0 Å². The molecule has 0 unspecified atom stereocenters. The third-order valence-electron chi connectivity index (χ3n) is 2.53. The minimum absolute atomic E-state index is 0.848. The molecule has 0 bridgehead atoms. The van der Waals surface area contributed by atoms with E-state index in [1.54, 1.807) is 0 Å². The van der Waals surface area contributed by atoms with Crippen LogP contribution >= 0.6 is 0 Å². The Morgan fingerprint density at radius 1 is 1.31 bits per heavy atom. The summed E-state index contributed by atoms with van der Waals surface area (Å²) in [5.74, 6) is 0. The fraction of sp³-hybridized carbons (Fsp3) is 0.600. The molecule has 2 aliphatic rings. The van der Waals surface area contributed by atoms with Crippen LogP contribution in [-0.4, -0.2) is 31.2 Å². The Kier molecular flexibility index (Phi) is 2.54. The summed E-state index contributed by atoms with van der Waals surface area (Å²) >= 11 is 0. The molecule has 3 nitrogen and oxygen atoms in total. The molecule has 0 amide bonds. The SMILES string of the molecule is NC1=CCCC(N2CCOCC2)=C1. The van der Waals surface area contributed by atoms with Crippen molar-refractivity contribution in [2.24, 2.45) is 5.73 Å². The molecular formula is C10H16N2O. The first-order valence-corrected chi connectivity index (χ1v) is 4.85. The second-order valence-corrected chi connectivity index (χ2v) is 3.48. The van der Waals surface area contributed by atoms with Crippen molar-refractivity contribution < 1.29 is 4.74 Å². The topological polar surface area (TPSA) is 38.5 Å². The van der Waals surface area contributed by atoms with E-state index in [9.17, 15) is 0 Å². The summed E-state index contributed by atoms with van der Waals surface area (Å²) in [6, 6.07) is 0. The monoisotopic (exact) mass is 180 g/mol. The molecule has 3 heteroatoms. The summed E-state index contributed by atoms with van der Waals surface area (Å²) in [4.78, 5) is 2.38. The average Bonchev–Trinajstić information content (AvgIpc) is 2.19. The fourth-order valence-electron chi connectivity index (χ4n) is 1.81. The van der Waals surface area contributed by atoms with E-state index >= 15 is 0 Å². The molecular weight excluding hydrogens is 164 g/mol. The molecule has 1 aliphatic carbocycles. The molecule has 2 N–H and O–H groups in total. The van der Waals surface area contributed by atoms with E-state index in [1.165, 1.54) is 5.70 Å². The molecule has 1 fully saturated rings. The van der Waals surface area contributed by atoms with Crippen LogP contribution in [0.2, 0.25) is 0 Å². The molecule has 0 aromatic heterocycles. The van der Waals surface area contributed by atoms with E-state index < -0.39 is 0 Å². The number of morpholine rings is 1. The van der Waals surface area contributed by atoms with E-state index in [1.807, 2.05) is 0 Å². The van der Waals surface area contributed by atoms with Crippen molar-refractivity contribution in [3.05, 3.63) is 23.5 Å². The normalized spacial score (nSPS) is 23.8. The van der Waals surface area contributed by atoms with Crippen LogP contribution in [0, 0.1) is 0 Å². The molecule has 0 aromatic rings. The van der Waals surface area contributed by atoms with Crippen molar-refractivity contribution in [1.82, 2.24) is 4.90 Å². The average molecular weight is 180 g/mol. The van der Waals surface area contributed by atoms with E-state index in [2.05, 4.69) is 17.1 Å². The molecule has 1 saturated heterocycles. The van der Waals surface area contributed by atoms with Crippen molar-refractivity contribution in [2.75, 3.05) is 26.3 Å². The fourth-order valence-corrected chi connectivity index (χ4v) is 1.81. The minimum Gasteiger partial charge on any atom is -0.399 e. The van der Waals surface area contributed by atoms with Crippen LogP contribution in [0.5, 0.6) is 0 Å². The van der Waals surface area contributed by atoms with Crippen molar-refractivity contribution in [3.63, 3.8) is 0 Å². The second kappa shape index (κ2) is 3.83. The molecule has 0 saturated carbocycles. The Hall–Kier alpha value is -0.960. The van der Waals surface area contributed by atoms with Gasteiger partial charge in [0.25, 0.3) is 0 Å². The van der Waals surface area contributed by atoms with Crippen molar-refractivity contribution >= 4 is 0 Å². The smallest absolute Gasteiger partial charge is 0.0642 e. The van der Waals surface area contributed by atoms with Gasteiger partial charge in [0, 0.05) is 24.5 Å². The van der Waals surface area contributed by atoms with Crippen LogP contribution in [0.3, 0.4) is 0 Å². The molecule has 0 spiro atoms. The largest absolute Gasteiger partial charge is 0.399 e. The van der Waals surface area contributed by atoms with Crippen LogP contribution in [0.1, 0.15) is 12.8 Å². The quantitative estimate of drug-likeness (QED) is 0.650. The Morgan fingerprint density at radius 3 is 2.77 bits per heavy atom. The number of nitrogens with zero attached hydrogens (tertiary/aromatic N) is 1. The predicted octanol–water partition coefficient (Wildman–Crippen LogP) is 0.839. The summed E-state index contributed by atoms with van der Waals surface area (Å²) < 4.78 is 5.30. The lowest BCUT2D eigenvalue weighted by molar-refractivity contribution is 0.0520. The third-order valence-corrected chi connectivity index (χ3v) is 2.53. The van der Waals surface area contributed by atoms with Gasteiger partial charge in [-0.15, -0.1) is 0 Å². The maximum Gasteiger partial charge on any atom is 0.0642 e. The van der Waals surface area contributed by atoms with E-state index in [4.69, 9.17) is 10.5 Å². The van der Waals surface area contributed by atoms with Gasteiger partial charge < -0.3 is 15.4 Å². The molecule has 0 atom stereocenters. The highest BCUT2D eigenvalue weighted by Gasteiger charge is 2.14. The van der Waals surface area contributed by atoms with E-state index in [0.29, 0.717) is 0 Å². The van der Waals surface area contributed by atoms with Crippen LogP contribution < -0.4 is 5.73 Å². The standard InChI is InChI=1S/C10H16N2O/c11-9-2-1-3-10(8-9)12-4-6-13-7-5-12/h2,8H,1,3-7,11H2. The first-order chi connectivity index (χ1) is 6.36. The Morgan fingerprint density at radius 2 is 2.08 bits per heavy atom. The van der Waals surface area contributed by atoms with Crippen molar-refractivity contribution in [1.29, 1.82) is 0 Å². The maximum absolute atomic E-state index is 5.76. The summed E-state index contributed by atoms with van der Waals surface area (Å²) in [6.45, 7) is 3.72. The van der Waals surface area contributed by atoms with Crippen molar-refractivity contribution in [2.45, 2.75) is 12.8 Å². The zero-order valence-corrected chi connectivity index (χ0v) is 7.83. The highest BCUT2D eigenvalue weighted by atomic mass is 16.5. The summed E-state index contributed by atoms with van der Waals surface area (Å²) in [5, 5.41) is 0. The summed E-state index contributed by atoms with van der Waals surface area (Å²) in [5.41, 5.74) is 8.05. The molecule has 1 heterocycles. The number of rotatable bonds is 1. The molecule has 2 rings (SSSR count). The van der Waals surface area contributed by atoms with Gasteiger partial charge in [0.2, 0.25) is 0 Å². The number of allylic oxidation sites excluding steroid dienone is 3. The highest BCUT2D eigenvalue weighted by Crippen LogP contribution is 2.19. The molecule has 13 heavy (non-hydrogen) atoms. The first kappa shape index (κ1) is 8.63. The Balaban J connectivity index is 2.02. The highest BCUT2D eigenvalue weighted by molar-refractivity contribution is 5.24. The molecule has 0 radical (unpaired) electrons. The van der Waals surface area contributed by atoms with Gasteiger partial charge in [-0.2, -0.15) is 0 Å². The third kappa shape index (κ3) is 2.04. The number of nitrogens with two attached hydrogens (primary N) is 1. The minimum atomic E-state index is 0.848. The second-order valence-electron chi connectivity index (χ2n) is 3.48. The van der Waals surface area contributed by atoms with Gasteiger partial charge in [-0.3, -0.25) is 0 Å². The van der Waals surface area contributed by atoms with Gasteiger partial charge in [-0.25, -0.2) is 0 Å². The zero-order valence-electron chi connectivity index (χ0n) is 7.83. The number of hydrogen-bond acceptors (Lipinski definition) is 3. The van der Waals surface area contributed by atoms with Crippen LogP contribution in [0.15, 0.2) is 23.5 Å². The van der Waals surface area contributed by atoms with E-state index in [0.717, 1.165) is 44.8 Å². The van der Waals surface area contributed by atoms with Crippen molar-refractivity contribution in [3.8, 4) is 0 Å². The van der Waals surface area contributed by atoms with Gasteiger partial charge in [0.05, 0.1) is 13.2 Å². The van der Waals surface area contributed by atoms with E-state index in [-0.39, 0.29) is 0 Å². The Bertz CT molecular complexity index is 239. The van der Waals surface area contributed by atoms with Crippen LogP contribution in [-0.2, 0) is 4.74 Å². The molecule has 0 aromatic carbocycles. The lowest BCUT2D eigenvalue weighted by Gasteiger charge is -2.32. The maximum atomic E-state index is 5.76. The first-order valence-electron chi connectivity index (χ1n) is 4.85. The van der Waals surface area contributed by atoms with Gasteiger partial charge in [0.1, 0.15) is 0 Å². The molecule has 1 aliphatic heterocycles. The lowest BCUT2D eigenvalue weighted by Crippen LogP contribution is -2.36. The van der Waals surface area contributed by atoms with Gasteiger partial charge in [-0.05, 0) is 18.9 Å². The summed E-state index contributed by atoms with van der Waals surface area (Å²) in [6.07, 6.45) is 6.38. The van der Waals surface area contributed by atoms with Gasteiger partial charge in [-0.1, -0.05) is 6.08 Å². The number of hydrogen-bond donors (Lipinski definition) is 1. The molecule has 72 valence electrons. The lowest BCUT2D eigenvalue weighted by atomic mass is 10.1. The van der Waals surface area contributed by atoms with Gasteiger partial charge in [0.15, 0.2) is 0 Å². The Labute approximate surface area is 78.8 Å². The predicted molar refractivity (Wildman–Crippen MR) is 52.0 cm³/mol. The number of ether oxygens (including phenoxy) is 1. The van der Waals surface area contributed by atoms with Crippen LogP contribution in [0.4, 0.5) is 0 Å². The van der Waals surface area contributed by atoms with Gasteiger partial charge >= 0.3 is 0 Å².